The molecule has 38 heavy (non-hydrogen) atoms. The molecule has 214 valence electrons. The van der Waals surface area contributed by atoms with Crippen molar-refractivity contribution in [1.29, 1.82) is 0 Å². The van der Waals surface area contributed by atoms with Crippen molar-refractivity contribution < 1.29 is 62.7 Å². The summed E-state index contributed by atoms with van der Waals surface area (Å²) < 4.78 is 39.4. The van der Waals surface area contributed by atoms with E-state index in [4.69, 9.17) is 36.6 Å². The molecule has 0 radical (unpaired) electrons. The smallest absolute Gasteiger partial charge is 0.394 e. The Labute approximate surface area is 219 Å². The molecule has 2 saturated heterocycles. The SMILES string of the molecule is Nc1ncnc2c1ncn2[C@H]1CC[C@@H](COP(O)(=S)OP(=O)(O)OC2OC([C@@H](O)CO)C(O)C(O)C2O)O1. The van der Waals surface area contributed by atoms with E-state index >= 15 is 0 Å². The van der Waals surface area contributed by atoms with Crippen LogP contribution in [0, 0.1) is 0 Å². The zero-order valence-electron chi connectivity index (χ0n) is 19.4. The molecule has 2 aromatic heterocycles. The molecule has 2 aliphatic heterocycles. The average molecular weight is 603 g/mol. The number of ether oxygens (including phenoxy) is 2. The zero-order valence-corrected chi connectivity index (χ0v) is 22.0. The molecule has 9 N–H and O–H groups in total. The molecule has 0 spiro atoms. The first kappa shape index (κ1) is 29.7. The fraction of sp³-hybridized carbons (Fsp3) is 0.706. The molecule has 21 heteroatoms. The Kier molecular flexibility index (Phi) is 9.15. The van der Waals surface area contributed by atoms with Crippen LogP contribution in [0.1, 0.15) is 19.1 Å². The van der Waals surface area contributed by atoms with Crippen LogP contribution in [-0.4, -0.2) is 111 Å². The van der Waals surface area contributed by atoms with Gasteiger partial charge in [0.15, 0.2) is 17.8 Å². The minimum absolute atomic E-state index is 0.206. The maximum Gasteiger partial charge on any atom is 0.481 e. The Morgan fingerprint density at radius 3 is 2.61 bits per heavy atom. The molecule has 0 amide bonds. The van der Waals surface area contributed by atoms with Gasteiger partial charge in [0.2, 0.25) is 0 Å². The fourth-order valence-corrected chi connectivity index (χ4v) is 7.08. The lowest BCUT2D eigenvalue weighted by molar-refractivity contribution is -0.292. The number of nitrogen functional groups attached to an aromatic ring is 1. The summed E-state index contributed by atoms with van der Waals surface area (Å²) in [6.45, 7) is -5.66. The van der Waals surface area contributed by atoms with Crippen molar-refractivity contribution in [1.82, 2.24) is 19.5 Å². The lowest BCUT2D eigenvalue weighted by atomic mass is 9.96. The summed E-state index contributed by atoms with van der Waals surface area (Å²) in [6, 6.07) is 0. The minimum atomic E-state index is -5.31. The molecule has 7 unspecified atom stereocenters. The predicted molar refractivity (Wildman–Crippen MR) is 127 cm³/mol. The number of aliphatic hydroxyl groups is 5. The summed E-state index contributed by atoms with van der Waals surface area (Å²) >= 11 is 4.78. The highest BCUT2D eigenvalue weighted by molar-refractivity contribution is 8.08. The van der Waals surface area contributed by atoms with Crippen LogP contribution in [0.4, 0.5) is 5.82 Å². The second kappa shape index (κ2) is 11.7. The van der Waals surface area contributed by atoms with Crippen LogP contribution in [0.2, 0.25) is 0 Å². The standard InChI is InChI=1S/C17H27N5O13P2S/c18-15-10-16(20-5-19-15)22(6-21-10)9-2-1-7(32-9)4-31-37(30,38)35-36(28,29)34-17-13(27)11(25)12(26)14(33-17)8(24)3-23/h5-9,11-14,17,23-27H,1-4H2,(H,28,29)(H,30,38)(H2,18,19,20)/t7-,8-,9+,11?,12?,13?,14?,17?,37?/m0/s1. The van der Waals surface area contributed by atoms with Crippen molar-refractivity contribution in [3.05, 3.63) is 12.7 Å². The summed E-state index contributed by atoms with van der Waals surface area (Å²) in [5.41, 5.74) is 6.65. The van der Waals surface area contributed by atoms with Gasteiger partial charge in [-0.15, -0.1) is 0 Å². The number of imidazole rings is 1. The van der Waals surface area contributed by atoms with Gasteiger partial charge in [-0.1, -0.05) is 0 Å². The summed E-state index contributed by atoms with van der Waals surface area (Å²) in [5.74, 6) is 0.206. The Bertz CT molecular complexity index is 1220. The third-order valence-corrected chi connectivity index (χ3v) is 9.34. The number of hydrogen-bond acceptors (Lipinski definition) is 16. The molecule has 2 fully saturated rings. The molecule has 18 nitrogen and oxygen atoms in total. The third kappa shape index (κ3) is 6.55. The van der Waals surface area contributed by atoms with Crippen LogP contribution in [0.25, 0.3) is 11.2 Å². The molecule has 0 aliphatic carbocycles. The second-order valence-corrected chi connectivity index (χ2v) is 12.9. The second-order valence-electron chi connectivity index (χ2n) is 8.48. The molecule has 2 aromatic rings. The first-order chi connectivity index (χ1) is 17.8. The third-order valence-electron chi connectivity index (χ3n) is 5.82. The number of nitrogens with two attached hydrogens (primary N) is 1. The zero-order chi connectivity index (χ0) is 27.8. The van der Waals surface area contributed by atoms with Gasteiger partial charge in [0.1, 0.15) is 48.6 Å². The van der Waals surface area contributed by atoms with Crippen molar-refractivity contribution >= 4 is 43.3 Å². The van der Waals surface area contributed by atoms with Gasteiger partial charge in [-0.05, 0) is 24.6 Å². The monoisotopic (exact) mass is 603 g/mol. The quantitative estimate of drug-likeness (QED) is 0.132. The van der Waals surface area contributed by atoms with Gasteiger partial charge in [-0.3, -0.25) is 9.09 Å². The molecule has 0 saturated carbocycles. The summed E-state index contributed by atoms with van der Waals surface area (Å²) in [4.78, 5) is 32.5. The lowest BCUT2D eigenvalue weighted by Gasteiger charge is -2.41. The Hall–Kier alpha value is -1.25. The van der Waals surface area contributed by atoms with Gasteiger partial charge in [-0.2, -0.15) is 0 Å². The van der Waals surface area contributed by atoms with Crippen molar-refractivity contribution in [2.24, 2.45) is 0 Å². The fourth-order valence-electron chi connectivity index (χ4n) is 3.96. The Morgan fingerprint density at radius 2 is 1.89 bits per heavy atom. The molecule has 0 bridgehead atoms. The van der Waals surface area contributed by atoms with E-state index in [0.717, 1.165) is 0 Å². The number of nitrogens with zero attached hydrogens (tertiary/aromatic N) is 4. The van der Waals surface area contributed by atoms with Crippen molar-refractivity contribution in [2.75, 3.05) is 18.9 Å². The van der Waals surface area contributed by atoms with Crippen LogP contribution in [0.15, 0.2) is 12.7 Å². The Balaban J connectivity index is 1.32. The molecule has 0 aromatic carbocycles. The number of phosphoric ester groups is 1. The van der Waals surface area contributed by atoms with Gasteiger partial charge >= 0.3 is 14.5 Å². The average Bonchev–Trinajstić information content (AvgIpc) is 3.49. The molecular weight excluding hydrogens is 576 g/mol. The van der Waals surface area contributed by atoms with Gasteiger partial charge < -0.3 is 55.1 Å². The molecule has 2 aliphatic rings. The molecule has 4 rings (SSSR count). The van der Waals surface area contributed by atoms with E-state index < -0.39 is 70.3 Å². The Morgan fingerprint density at radius 1 is 1.16 bits per heavy atom. The molecule has 10 atom stereocenters. The van der Waals surface area contributed by atoms with E-state index in [0.29, 0.717) is 24.0 Å². The highest BCUT2D eigenvalue weighted by Gasteiger charge is 2.50. The first-order valence-electron chi connectivity index (χ1n) is 11.1. The number of fused-ring (bicyclic) bond motifs is 1. The van der Waals surface area contributed by atoms with Crippen LogP contribution >= 0.6 is 14.5 Å². The van der Waals surface area contributed by atoms with Gasteiger partial charge in [0.25, 0.3) is 0 Å². The number of hydrogen-bond donors (Lipinski definition) is 8. The van der Waals surface area contributed by atoms with Gasteiger partial charge in [0, 0.05) is 0 Å². The number of rotatable bonds is 10. The van der Waals surface area contributed by atoms with E-state index in [1.54, 1.807) is 4.57 Å². The lowest BCUT2D eigenvalue weighted by Crippen LogP contribution is -2.61. The summed E-state index contributed by atoms with van der Waals surface area (Å²) in [5, 5.41) is 48.7. The summed E-state index contributed by atoms with van der Waals surface area (Å²) in [7, 11) is -5.31. The number of aromatic nitrogens is 4. The van der Waals surface area contributed by atoms with E-state index in [-0.39, 0.29) is 12.4 Å². The minimum Gasteiger partial charge on any atom is -0.394 e. The van der Waals surface area contributed by atoms with E-state index in [1.807, 2.05) is 0 Å². The van der Waals surface area contributed by atoms with Crippen molar-refractivity contribution in [3.8, 4) is 0 Å². The first-order valence-corrected chi connectivity index (χ1v) is 15.2. The molecule has 4 heterocycles. The maximum atomic E-state index is 12.5. The topological polar surface area (TPSA) is 274 Å². The highest BCUT2D eigenvalue weighted by Crippen LogP contribution is 2.61. The van der Waals surface area contributed by atoms with E-state index in [1.165, 1.54) is 12.7 Å². The van der Waals surface area contributed by atoms with Crippen LogP contribution in [-0.2, 0) is 39.2 Å². The van der Waals surface area contributed by atoms with Gasteiger partial charge in [-0.25, -0.2) is 23.8 Å². The number of anilines is 1. The number of phosphoric acid groups is 1. The van der Waals surface area contributed by atoms with Crippen molar-refractivity contribution in [2.45, 2.75) is 62.0 Å². The maximum absolute atomic E-state index is 12.5. The van der Waals surface area contributed by atoms with Crippen molar-refractivity contribution in [3.63, 3.8) is 0 Å². The number of aliphatic hydroxyl groups excluding tert-OH is 5. The normalized spacial score (nSPS) is 34.1. The van der Waals surface area contributed by atoms with Crippen LogP contribution < -0.4 is 5.73 Å². The van der Waals surface area contributed by atoms with Crippen LogP contribution in [0.5, 0.6) is 0 Å². The molecular formula is C17H27N5O13P2S. The van der Waals surface area contributed by atoms with Crippen LogP contribution in [0.3, 0.4) is 0 Å². The predicted octanol–water partition coefficient (Wildman–Crippen LogP) is -2.39. The van der Waals surface area contributed by atoms with Gasteiger partial charge in [0.05, 0.1) is 25.6 Å². The van der Waals surface area contributed by atoms with E-state index in [2.05, 4.69) is 23.8 Å². The van der Waals surface area contributed by atoms with E-state index in [9.17, 15) is 34.8 Å². The highest BCUT2D eigenvalue weighted by atomic mass is 32.5. The largest absolute Gasteiger partial charge is 0.481 e. The summed E-state index contributed by atoms with van der Waals surface area (Å²) in [6.07, 6.45) is -8.84.